The molecule has 0 atom stereocenters. The Balaban J connectivity index is 1.18. The van der Waals surface area contributed by atoms with Crippen molar-refractivity contribution >= 4 is 35.2 Å². The summed E-state index contributed by atoms with van der Waals surface area (Å²) in [5.41, 5.74) is 2.15. The number of benzene rings is 1. The van der Waals surface area contributed by atoms with Crippen molar-refractivity contribution in [3.8, 4) is 0 Å². The SMILES string of the molecule is CC(=O)N1CCC(CNc2nccc(NCCNC(=O)c3ccc4c(c3)CC(=O)N4)n2)CC1. The second kappa shape index (κ2) is 10.3. The number of anilines is 3. The first kappa shape index (κ1) is 22.5. The minimum Gasteiger partial charge on any atom is -0.368 e. The van der Waals surface area contributed by atoms with Gasteiger partial charge in [-0.25, -0.2) is 4.98 Å². The van der Waals surface area contributed by atoms with E-state index in [-0.39, 0.29) is 17.7 Å². The highest BCUT2D eigenvalue weighted by atomic mass is 16.2. The van der Waals surface area contributed by atoms with Gasteiger partial charge in [-0.05, 0) is 48.6 Å². The van der Waals surface area contributed by atoms with Crippen LogP contribution in [0.15, 0.2) is 30.5 Å². The highest BCUT2D eigenvalue weighted by molar-refractivity contribution is 6.01. The number of fused-ring (bicyclic) bond motifs is 1. The van der Waals surface area contributed by atoms with Gasteiger partial charge in [-0.15, -0.1) is 0 Å². The van der Waals surface area contributed by atoms with E-state index < -0.39 is 0 Å². The second-order valence-electron chi connectivity index (χ2n) is 8.38. The van der Waals surface area contributed by atoms with Crippen LogP contribution in [0.1, 0.15) is 35.7 Å². The first-order valence-electron chi connectivity index (χ1n) is 11.3. The molecule has 10 nitrogen and oxygen atoms in total. The number of piperidine rings is 1. The lowest BCUT2D eigenvalue weighted by Crippen LogP contribution is -2.38. The molecule has 0 saturated carbocycles. The van der Waals surface area contributed by atoms with Crippen molar-refractivity contribution in [2.45, 2.75) is 26.2 Å². The minimum atomic E-state index is -0.181. The van der Waals surface area contributed by atoms with E-state index >= 15 is 0 Å². The van der Waals surface area contributed by atoms with Gasteiger partial charge in [0, 0.05) is 57.1 Å². The third-order valence-corrected chi connectivity index (χ3v) is 5.97. The minimum absolute atomic E-state index is 0.0520. The molecule has 1 aromatic carbocycles. The van der Waals surface area contributed by atoms with Crippen molar-refractivity contribution in [3.63, 3.8) is 0 Å². The van der Waals surface area contributed by atoms with Gasteiger partial charge in [0.05, 0.1) is 6.42 Å². The summed E-state index contributed by atoms with van der Waals surface area (Å²) in [4.78, 5) is 45.9. The molecule has 4 N–H and O–H groups in total. The Morgan fingerprint density at radius 2 is 1.97 bits per heavy atom. The highest BCUT2D eigenvalue weighted by Crippen LogP contribution is 2.23. The zero-order valence-corrected chi connectivity index (χ0v) is 18.7. The number of carbonyl (C=O) groups is 3. The number of aromatic nitrogens is 2. The number of rotatable bonds is 8. The molecule has 174 valence electrons. The number of likely N-dealkylation sites (tertiary alicyclic amines) is 1. The molecule has 4 rings (SSSR count). The third kappa shape index (κ3) is 5.97. The lowest BCUT2D eigenvalue weighted by Gasteiger charge is -2.31. The lowest BCUT2D eigenvalue weighted by atomic mass is 9.97. The molecule has 0 unspecified atom stereocenters. The Labute approximate surface area is 192 Å². The van der Waals surface area contributed by atoms with E-state index in [9.17, 15) is 14.4 Å². The molecule has 1 fully saturated rings. The van der Waals surface area contributed by atoms with E-state index in [1.807, 2.05) is 4.90 Å². The summed E-state index contributed by atoms with van der Waals surface area (Å²) >= 11 is 0. The molecule has 0 spiro atoms. The smallest absolute Gasteiger partial charge is 0.251 e. The van der Waals surface area contributed by atoms with Crippen molar-refractivity contribution in [2.24, 2.45) is 5.92 Å². The molecule has 0 aliphatic carbocycles. The highest BCUT2D eigenvalue weighted by Gasteiger charge is 2.21. The molecule has 2 aliphatic rings. The fraction of sp³-hybridized carbons (Fsp3) is 0.435. The van der Waals surface area contributed by atoms with E-state index in [1.165, 1.54) is 0 Å². The molecule has 0 bridgehead atoms. The topological polar surface area (TPSA) is 128 Å². The molecule has 1 aromatic heterocycles. The van der Waals surface area contributed by atoms with Crippen LogP contribution in [-0.4, -0.2) is 65.3 Å². The Morgan fingerprint density at radius 3 is 2.76 bits per heavy atom. The molecule has 0 radical (unpaired) electrons. The van der Waals surface area contributed by atoms with Gasteiger partial charge >= 0.3 is 0 Å². The average Bonchev–Trinajstić information content (AvgIpc) is 3.20. The number of amides is 3. The second-order valence-corrected chi connectivity index (χ2v) is 8.38. The Morgan fingerprint density at radius 1 is 1.15 bits per heavy atom. The van der Waals surface area contributed by atoms with Gasteiger partial charge in [-0.3, -0.25) is 14.4 Å². The zero-order chi connectivity index (χ0) is 23.2. The first-order valence-corrected chi connectivity index (χ1v) is 11.3. The lowest BCUT2D eigenvalue weighted by molar-refractivity contribution is -0.130. The van der Waals surface area contributed by atoms with Crippen LogP contribution in [0.4, 0.5) is 17.5 Å². The van der Waals surface area contributed by atoms with E-state index in [1.54, 1.807) is 37.4 Å². The maximum atomic E-state index is 12.4. The number of hydrogen-bond acceptors (Lipinski definition) is 7. The Bertz CT molecular complexity index is 1030. The molecule has 1 saturated heterocycles. The summed E-state index contributed by atoms with van der Waals surface area (Å²) in [6.07, 6.45) is 3.94. The van der Waals surface area contributed by atoms with Crippen molar-refractivity contribution < 1.29 is 14.4 Å². The van der Waals surface area contributed by atoms with Crippen molar-refractivity contribution in [3.05, 3.63) is 41.6 Å². The fourth-order valence-electron chi connectivity index (χ4n) is 4.07. The number of hydrogen-bond donors (Lipinski definition) is 4. The molecular weight excluding hydrogens is 422 g/mol. The van der Waals surface area contributed by atoms with Crippen molar-refractivity contribution in [2.75, 3.05) is 48.7 Å². The van der Waals surface area contributed by atoms with Crippen LogP contribution in [0.3, 0.4) is 0 Å². The average molecular weight is 452 g/mol. The van der Waals surface area contributed by atoms with E-state index in [4.69, 9.17) is 0 Å². The monoisotopic (exact) mass is 451 g/mol. The van der Waals surface area contributed by atoms with E-state index in [0.717, 1.165) is 43.7 Å². The number of carbonyl (C=O) groups excluding carboxylic acids is 3. The summed E-state index contributed by atoms with van der Waals surface area (Å²) < 4.78 is 0. The molecule has 33 heavy (non-hydrogen) atoms. The Hall–Kier alpha value is -3.69. The van der Waals surface area contributed by atoms with E-state index in [0.29, 0.717) is 42.8 Å². The summed E-state index contributed by atoms with van der Waals surface area (Å²) in [6.45, 7) is 4.93. The largest absolute Gasteiger partial charge is 0.368 e. The predicted molar refractivity (Wildman–Crippen MR) is 125 cm³/mol. The summed E-state index contributed by atoms with van der Waals surface area (Å²) in [5, 5.41) is 12.1. The maximum absolute atomic E-state index is 12.4. The van der Waals surface area contributed by atoms with Crippen LogP contribution in [0, 0.1) is 5.92 Å². The third-order valence-electron chi connectivity index (χ3n) is 5.97. The van der Waals surface area contributed by atoms with Crippen molar-refractivity contribution in [1.82, 2.24) is 20.2 Å². The van der Waals surface area contributed by atoms with Crippen molar-refractivity contribution in [1.29, 1.82) is 0 Å². The fourth-order valence-corrected chi connectivity index (χ4v) is 4.07. The molecular formula is C23H29N7O3. The van der Waals surface area contributed by atoms with Crippen LogP contribution >= 0.6 is 0 Å². The predicted octanol–water partition coefficient (Wildman–Crippen LogP) is 1.48. The van der Waals surface area contributed by atoms with Gasteiger partial charge in [0.25, 0.3) is 5.91 Å². The summed E-state index contributed by atoms with van der Waals surface area (Å²) in [6, 6.07) is 7.00. The van der Waals surface area contributed by atoms with Crippen LogP contribution in [0.2, 0.25) is 0 Å². The quantitative estimate of drug-likeness (QED) is 0.448. The van der Waals surface area contributed by atoms with Crippen LogP contribution in [0.5, 0.6) is 0 Å². The molecule has 2 aliphatic heterocycles. The van der Waals surface area contributed by atoms with Crippen LogP contribution in [-0.2, 0) is 16.0 Å². The normalized spacial score (nSPS) is 15.5. The maximum Gasteiger partial charge on any atom is 0.251 e. The van der Waals surface area contributed by atoms with Crippen LogP contribution < -0.4 is 21.3 Å². The molecule has 2 aromatic rings. The van der Waals surface area contributed by atoms with Gasteiger partial charge in [-0.1, -0.05) is 0 Å². The van der Waals surface area contributed by atoms with Gasteiger partial charge in [0.2, 0.25) is 17.8 Å². The molecule has 3 heterocycles. The first-order chi connectivity index (χ1) is 16.0. The molecule has 3 amide bonds. The summed E-state index contributed by atoms with van der Waals surface area (Å²) in [5.74, 6) is 1.63. The zero-order valence-electron chi connectivity index (χ0n) is 18.7. The summed E-state index contributed by atoms with van der Waals surface area (Å²) in [7, 11) is 0. The Kier molecular flexibility index (Phi) is 7.01. The standard InChI is InChI=1S/C23H29N7O3/c1-15(31)30-10-5-16(6-11-30)14-27-23-26-7-4-20(29-23)24-8-9-25-22(33)17-2-3-19-18(12-17)13-21(32)28-19/h2-4,7,12,16H,5-6,8-11,13-14H2,1H3,(H,25,33)(H,28,32)(H2,24,26,27,29). The van der Waals surface area contributed by atoms with Gasteiger partial charge in [0.15, 0.2) is 0 Å². The van der Waals surface area contributed by atoms with E-state index in [2.05, 4.69) is 31.2 Å². The van der Waals surface area contributed by atoms with Gasteiger partial charge < -0.3 is 26.2 Å². The molecule has 10 heteroatoms. The number of nitrogens with one attached hydrogen (secondary N) is 4. The van der Waals surface area contributed by atoms with Gasteiger partial charge in [0.1, 0.15) is 5.82 Å². The number of nitrogens with zero attached hydrogens (tertiary/aromatic N) is 3. The van der Waals surface area contributed by atoms with Crippen LogP contribution in [0.25, 0.3) is 0 Å². The van der Waals surface area contributed by atoms with Gasteiger partial charge in [-0.2, -0.15) is 4.98 Å².